The number of hydrogen-bond acceptors (Lipinski definition) is 8. The third-order valence-electron chi connectivity index (χ3n) is 6.47. The van der Waals surface area contributed by atoms with Crippen molar-refractivity contribution in [1.82, 2.24) is 30.3 Å². The van der Waals surface area contributed by atoms with Gasteiger partial charge < -0.3 is 15.7 Å². The fourth-order valence-corrected chi connectivity index (χ4v) is 5.29. The Morgan fingerprint density at radius 2 is 2.05 bits per heavy atom. The molecular formula is C28H25FN8OS. The average Bonchev–Trinajstić information content (AvgIpc) is 3.52. The number of H-pyrrole nitrogens is 1. The molecular weight excluding hydrogens is 515 g/mol. The van der Waals surface area contributed by atoms with Crippen LogP contribution >= 0.6 is 11.3 Å². The molecule has 6 rings (SSSR count). The van der Waals surface area contributed by atoms with Gasteiger partial charge in [-0.2, -0.15) is 9.49 Å². The lowest BCUT2D eigenvalue weighted by Crippen LogP contribution is -2.12. The molecule has 0 fully saturated rings. The molecule has 1 aliphatic heterocycles. The van der Waals surface area contributed by atoms with Crippen molar-refractivity contribution in [3.05, 3.63) is 77.2 Å². The largest absolute Gasteiger partial charge is 0.335 e. The summed E-state index contributed by atoms with van der Waals surface area (Å²) in [5, 5.41) is 7.32. The number of anilines is 1. The number of amides is 1. The van der Waals surface area contributed by atoms with Crippen molar-refractivity contribution in [1.29, 1.82) is 0 Å². The molecule has 0 unspecified atom stereocenters. The van der Waals surface area contributed by atoms with Crippen LogP contribution in [-0.4, -0.2) is 43.1 Å². The maximum atomic E-state index is 13.8. The molecule has 3 N–H and O–H groups in total. The van der Waals surface area contributed by atoms with Crippen molar-refractivity contribution >= 4 is 39.8 Å². The van der Waals surface area contributed by atoms with Gasteiger partial charge in [0.25, 0.3) is 0 Å². The van der Waals surface area contributed by atoms with Crippen LogP contribution in [0.2, 0.25) is 0 Å². The highest BCUT2D eigenvalue weighted by atomic mass is 32.1. The first kappa shape index (κ1) is 24.8. The first-order valence-electron chi connectivity index (χ1n) is 12.7. The summed E-state index contributed by atoms with van der Waals surface area (Å²) in [6.07, 6.45) is 9.87. The van der Waals surface area contributed by atoms with E-state index in [1.807, 2.05) is 24.4 Å². The molecule has 5 aromatic heterocycles. The first-order chi connectivity index (χ1) is 19.1. The minimum absolute atomic E-state index is 0.0330. The zero-order valence-electron chi connectivity index (χ0n) is 21.2. The maximum Gasteiger partial charge on any atom is 0.224 e. The van der Waals surface area contributed by atoms with Crippen LogP contribution in [0.15, 0.2) is 60.2 Å². The molecule has 9 nitrogen and oxygen atoms in total. The smallest absolute Gasteiger partial charge is 0.224 e. The number of nitrogens with zero attached hydrogens (tertiary/aromatic N) is 5. The monoisotopic (exact) mass is 540 g/mol. The topological polar surface area (TPSA) is 121 Å². The van der Waals surface area contributed by atoms with E-state index in [0.29, 0.717) is 47.0 Å². The summed E-state index contributed by atoms with van der Waals surface area (Å²) >= 11 is 1.08. The minimum atomic E-state index is -0.250. The number of carbonyl (C=O) groups excluding carboxylic acids is 1. The van der Waals surface area contributed by atoms with Crippen LogP contribution in [-0.2, 0) is 11.2 Å². The average molecular weight is 541 g/mol. The third-order valence-corrected chi connectivity index (χ3v) is 7.38. The molecule has 0 aliphatic carbocycles. The Morgan fingerprint density at radius 3 is 2.90 bits per heavy atom. The van der Waals surface area contributed by atoms with E-state index in [2.05, 4.69) is 42.7 Å². The van der Waals surface area contributed by atoms with Crippen LogP contribution in [0.3, 0.4) is 0 Å². The van der Waals surface area contributed by atoms with Gasteiger partial charge in [0.15, 0.2) is 16.6 Å². The van der Waals surface area contributed by atoms with Crippen molar-refractivity contribution < 1.29 is 9.18 Å². The van der Waals surface area contributed by atoms with Crippen molar-refractivity contribution in [2.24, 2.45) is 5.10 Å². The van der Waals surface area contributed by atoms with Gasteiger partial charge >= 0.3 is 0 Å². The summed E-state index contributed by atoms with van der Waals surface area (Å²) in [5.41, 5.74) is 9.81. The molecule has 0 radical (unpaired) electrons. The normalized spacial score (nSPS) is 12.9. The van der Waals surface area contributed by atoms with Crippen molar-refractivity contribution in [2.45, 2.75) is 32.6 Å². The van der Waals surface area contributed by atoms with Gasteiger partial charge in [-0.25, -0.2) is 9.97 Å². The number of imidazole rings is 1. The van der Waals surface area contributed by atoms with Gasteiger partial charge in [-0.15, -0.1) is 11.3 Å². The van der Waals surface area contributed by atoms with Gasteiger partial charge in [0.1, 0.15) is 5.71 Å². The van der Waals surface area contributed by atoms with E-state index in [-0.39, 0.29) is 11.0 Å². The van der Waals surface area contributed by atoms with Gasteiger partial charge in [0.2, 0.25) is 5.91 Å². The molecule has 1 amide bonds. The van der Waals surface area contributed by atoms with E-state index in [0.717, 1.165) is 57.7 Å². The van der Waals surface area contributed by atoms with E-state index in [4.69, 9.17) is 4.98 Å². The Morgan fingerprint density at radius 1 is 1.13 bits per heavy atom. The molecule has 0 bridgehead atoms. The van der Waals surface area contributed by atoms with Crippen molar-refractivity contribution in [3.8, 4) is 21.7 Å². The molecule has 196 valence electrons. The Balaban J connectivity index is 1.37. The fourth-order valence-electron chi connectivity index (χ4n) is 4.52. The second-order valence-corrected chi connectivity index (χ2v) is 10.2. The predicted octanol–water partition coefficient (Wildman–Crippen LogP) is 5.31. The lowest BCUT2D eigenvalue weighted by molar-refractivity contribution is -0.116. The Bertz CT molecular complexity index is 1710. The first-order valence-corrected chi connectivity index (χ1v) is 13.6. The second kappa shape index (κ2) is 10.7. The van der Waals surface area contributed by atoms with Gasteiger partial charge in [0, 0.05) is 53.1 Å². The molecule has 0 spiro atoms. The summed E-state index contributed by atoms with van der Waals surface area (Å²) in [6.45, 7) is 2.70. The molecule has 0 saturated carbocycles. The number of pyridine rings is 3. The molecule has 0 atom stereocenters. The van der Waals surface area contributed by atoms with E-state index in [9.17, 15) is 9.18 Å². The highest BCUT2D eigenvalue weighted by Gasteiger charge is 2.21. The van der Waals surface area contributed by atoms with Crippen LogP contribution < -0.4 is 10.7 Å². The van der Waals surface area contributed by atoms with Gasteiger partial charge in [-0.1, -0.05) is 13.3 Å². The maximum absolute atomic E-state index is 13.8. The number of nitrogens with one attached hydrogen (secondary N) is 3. The van der Waals surface area contributed by atoms with Gasteiger partial charge in [-0.3, -0.25) is 14.8 Å². The zero-order valence-corrected chi connectivity index (χ0v) is 22.0. The number of thiophene rings is 1. The number of halogens is 1. The lowest BCUT2D eigenvalue weighted by Gasteiger charge is -2.10. The number of unbranched alkanes of at least 4 members (excludes halogenated alkanes) is 1. The van der Waals surface area contributed by atoms with E-state index in [1.54, 1.807) is 24.7 Å². The number of aromatic amines is 1. The van der Waals surface area contributed by atoms with E-state index in [1.165, 1.54) is 6.07 Å². The van der Waals surface area contributed by atoms with Crippen LogP contribution in [0.1, 0.15) is 43.1 Å². The van der Waals surface area contributed by atoms with Crippen LogP contribution in [0.5, 0.6) is 0 Å². The number of carbonyl (C=O) groups is 1. The molecule has 0 aromatic carbocycles. The minimum Gasteiger partial charge on any atom is -0.335 e. The second-order valence-electron chi connectivity index (χ2n) is 9.21. The highest BCUT2D eigenvalue weighted by molar-refractivity contribution is 7.14. The van der Waals surface area contributed by atoms with Gasteiger partial charge in [0.05, 0.1) is 23.1 Å². The lowest BCUT2D eigenvalue weighted by atomic mass is 10.00. The number of fused-ring (bicyclic) bond motifs is 2. The Kier molecular flexibility index (Phi) is 6.80. The summed E-state index contributed by atoms with van der Waals surface area (Å²) in [4.78, 5) is 34.6. The van der Waals surface area contributed by atoms with Crippen LogP contribution in [0.25, 0.3) is 32.9 Å². The van der Waals surface area contributed by atoms with E-state index < -0.39 is 0 Å². The molecule has 11 heteroatoms. The number of hydrazone groups is 1. The highest BCUT2D eigenvalue weighted by Crippen LogP contribution is 2.32. The fraction of sp³-hybridized carbons (Fsp3) is 0.214. The van der Waals surface area contributed by atoms with Crippen molar-refractivity contribution in [3.63, 3.8) is 0 Å². The molecule has 39 heavy (non-hydrogen) atoms. The quantitative estimate of drug-likeness (QED) is 0.257. The summed E-state index contributed by atoms with van der Waals surface area (Å²) < 4.78 is 13.8. The van der Waals surface area contributed by atoms with Crippen LogP contribution in [0.4, 0.5) is 10.1 Å². The molecule has 1 aliphatic rings. The summed E-state index contributed by atoms with van der Waals surface area (Å²) in [7, 11) is 0. The third kappa shape index (κ3) is 5.13. The summed E-state index contributed by atoms with van der Waals surface area (Å²) in [6, 6.07) is 8.89. The van der Waals surface area contributed by atoms with Gasteiger partial charge in [-0.05, 0) is 48.7 Å². The number of aromatic nitrogens is 5. The number of rotatable bonds is 7. The Labute approximate surface area is 227 Å². The Hall–Kier alpha value is -4.51. The number of hydrogen-bond donors (Lipinski definition) is 3. The van der Waals surface area contributed by atoms with E-state index >= 15 is 0 Å². The van der Waals surface area contributed by atoms with Crippen LogP contribution in [0, 0.1) is 5.13 Å². The SMILES string of the molecule is CCCCC(=O)Nc1cncc(-c2cc3c(cn2)CCNN=C3c2nc3nccc(-c4ccc(F)s4)c3[nH]2)c1. The zero-order chi connectivity index (χ0) is 26.8. The predicted molar refractivity (Wildman–Crippen MR) is 150 cm³/mol. The molecule has 0 saturated heterocycles. The molecule has 5 aromatic rings. The van der Waals surface area contributed by atoms with Crippen molar-refractivity contribution in [2.75, 3.05) is 11.9 Å². The summed E-state index contributed by atoms with van der Waals surface area (Å²) in [5.74, 6) is 0.513. The standard InChI is InChI=1S/C28H25FN8OS/c1-2-3-4-24(38)34-18-11-17(13-30-15-18)21-12-20-16(14-32-21)7-10-33-37-26(20)28-35-25-19(8-9-31-27(25)36-28)22-5-6-23(29)39-22/h5-6,8-9,11-15,33H,2-4,7,10H2,1H3,(H,34,38)(H,31,35,36). The molecule has 6 heterocycles.